The summed E-state index contributed by atoms with van der Waals surface area (Å²) in [6, 6.07) is 8.68. The maximum atomic E-state index is 5.24. The van der Waals surface area contributed by atoms with Gasteiger partial charge in [0.1, 0.15) is 5.76 Å². The summed E-state index contributed by atoms with van der Waals surface area (Å²) in [5.41, 5.74) is 1.09. The number of oxazole rings is 1. The van der Waals surface area contributed by atoms with E-state index in [1.54, 1.807) is 6.20 Å². The minimum atomic E-state index is 0.664. The van der Waals surface area contributed by atoms with Gasteiger partial charge in [0.05, 0.1) is 24.5 Å². The van der Waals surface area contributed by atoms with Crippen molar-refractivity contribution in [1.82, 2.24) is 25.0 Å². The van der Waals surface area contributed by atoms with Crippen molar-refractivity contribution in [2.75, 3.05) is 26.2 Å². The summed E-state index contributed by atoms with van der Waals surface area (Å²) in [7, 11) is 0. The van der Waals surface area contributed by atoms with Gasteiger partial charge in [-0.2, -0.15) is 5.10 Å². The molecule has 0 spiro atoms. The lowest BCUT2D eigenvalue weighted by Crippen LogP contribution is -2.48. The van der Waals surface area contributed by atoms with E-state index in [0.717, 1.165) is 49.4 Å². The second-order valence-electron chi connectivity index (χ2n) is 6.33. The number of nitrogens with zero attached hydrogens (tertiary/aromatic N) is 4. The number of aromatic amines is 1. The molecule has 0 atom stereocenters. The van der Waals surface area contributed by atoms with Crippen LogP contribution in [-0.4, -0.2) is 57.2 Å². The van der Waals surface area contributed by atoms with E-state index in [4.69, 9.17) is 4.42 Å². The van der Waals surface area contributed by atoms with Gasteiger partial charge in [0.25, 0.3) is 0 Å². The van der Waals surface area contributed by atoms with Crippen molar-refractivity contribution in [3.05, 3.63) is 48.8 Å². The first-order valence-electron chi connectivity index (χ1n) is 8.44. The van der Waals surface area contributed by atoms with Crippen molar-refractivity contribution < 1.29 is 4.42 Å². The third-order valence-corrected chi connectivity index (χ3v) is 4.35. The van der Waals surface area contributed by atoms with Gasteiger partial charge in [-0.25, -0.2) is 4.98 Å². The predicted octanol–water partition coefficient (Wildman–Crippen LogP) is 2.76. The van der Waals surface area contributed by atoms with Crippen LogP contribution in [0.25, 0.3) is 10.9 Å². The molecule has 1 N–H and O–H groups in total. The largest absolute Gasteiger partial charge is 0.447 e. The molecule has 2 aromatic heterocycles. The molecule has 0 radical (unpaired) electrons. The molecule has 1 saturated heterocycles. The quantitative estimate of drug-likeness (QED) is 0.801. The van der Waals surface area contributed by atoms with Crippen molar-refractivity contribution in [2.24, 2.45) is 0 Å². The molecule has 0 aliphatic carbocycles. The van der Waals surface area contributed by atoms with Crippen molar-refractivity contribution in [2.45, 2.75) is 26.4 Å². The molecule has 3 aromatic rings. The number of fused-ring (bicyclic) bond motifs is 1. The highest BCUT2D eigenvalue weighted by atomic mass is 16.3. The number of H-pyrrole nitrogens is 1. The zero-order valence-corrected chi connectivity index (χ0v) is 14.4. The summed E-state index contributed by atoms with van der Waals surface area (Å²) in [5, 5.41) is 7.91. The molecule has 1 fully saturated rings. The van der Waals surface area contributed by atoms with Crippen molar-refractivity contribution in [3.8, 4) is 0 Å². The Hall–Kier alpha value is -2.18. The fourth-order valence-electron chi connectivity index (χ4n) is 2.86. The Labute approximate surface area is 142 Å². The summed E-state index contributed by atoms with van der Waals surface area (Å²) in [6.07, 6.45) is 5.11. The van der Waals surface area contributed by atoms with Gasteiger partial charge in [-0.05, 0) is 19.9 Å². The van der Waals surface area contributed by atoms with E-state index in [2.05, 4.69) is 38.8 Å². The van der Waals surface area contributed by atoms with E-state index in [1.807, 2.05) is 30.5 Å². The van der Waals surface area contributed by atoms with Crippen LogP contribution in [0.2, 0.25) is 0 Å². The van der Waals surface area contributed by atoms with Crippen LogP contribution in [0.4, 0.5) is 0 Å². The molecule has 0 saturated carbocycles. The summed E-state index contributed by atoms with van der Waals surface area (Å²) in [6.45, 7) is 9.97. The molecule has 0 unspecified atom stereocenters. The van der Waals surface area contributed by atoms with E-state index in [0.29, 0.717) is 6.04 Å². The minimum absolute atomic E-state index is 0.664. The lowest BCUT2D eigenvalue weighted by Gasteiger charge is -2.36. The fourth-order valence-corrected chi connectivity index (χ4v) is 2.86. The number of nitrogens with one attached hydrogen (secondary N) is 1. The monoisotopic (exact) mass is 327 g/mol. The molecular formula is C18H25N5O. The predicted molar refractivity (Wildman–Crippen MR) is 94.6 cm³/mol. The zero-order valence-electron chi connectivity index (χ0n) is 14.4. The number of piperazine rings is 1. The molecule has 0 amide bonds. The van der Waals surface area contributed by atoms with Crippen LogP contribution in [0.3, 0.4) is 0 Å². The Kier molecular flexibility index (Phi) is 5.61. The lowest BCUT2D eigenvalue weighted by atomic mass is 10.2. The van der Waals surface area contributed by atoms with E-state index >= 15 is 0 Å². The zero-order chi connectivity index (χ0) is 16.8. The first-order valence-corrected chi connectivity index (χ1v) is 8.44. The summed E-state index contributed by atoms with van der Waals surface area (Å²) in [4.78, 5) is 8.85. The molecule has 6 heteroatoms. The van der Waals surface area contributed by atoms with Gasteiger partial charge in [-0.1, -0.05) is 18.2 Å². The Bertz CT molecular complexity index is 684. The standard InChI is InChI=1S/C11H19N3O.C7H6N2/c1-10(2)14-5-3-13(4-6-14)8-11-7-12-9-15-11;1-2-4-7-6(3-1)5-8-9-7/h7,9-10H,3-6,8H2,1-2H3;1-5H,(H,8,9). The minimum Gasteiger partial charge on any atom is -0.447 e. The number of hydrogen-bond acceptors (Lipinski definition) is 5. The van der Waals surface area contributed by atoms with Crippen LogP contribution >= 0.6 is 0 Å². The Morgan fingerprint density at radius 1 is 1.12 bits per heavy atom. The van der Waals surface area contributed by atoms with Crippen LogP contribution in [0.5, 0.6) is 0 Å². The van der Waals surface area contributed by atoms with E-state index in [9.17, 15) is 0 Å². The highest BCUT2D eigenvalue weighted by Crippen LogP contribution is 2.09. The molecule has 0 bridgehead atoms. The lowest BCUT2D eigenvalue weighted by molar-refractivity contribution is 0.0991. The first kappa shape index (κ1) is 16.7. The number of benzene rings is 1. The average Bonchev–Trinajstić information content (AvgIpc) is 3.27. The molecule has 1 aliphatic rings. The fraction of sp³-hybridized carbons (Fsp3) is 0.444. The topological polar surface area (TPSA) is 61.2 Å². The van der Waals surface area contributed by atoms with Crippen LogP contribution in [-0.2, 0) is 6.54 Å². The van der Waals surface area contributed by atoms with Gasteiger partial charge in [0.15, 0.2) is 6.39 Å². The number of aromatic nitrogens is 3. The Morgan fingerprint density at radius 2 is 1.92 bits per heavy atom. The maximum Gasteiger partial charge on any atom is 0.180 e. The molecule has 128 valence electrons. The second-order valence-corrected chi connectivity index (χ2v) is 6.33. The number of hydrogen-bond donors (Lipinski definition) is 1. The van der Waals surface area contributed by atoms with Gasteiger partial charge in [0, 0.05) is 37.6 Å². The van der Waals surface area contributed by atoms with Crippen LogP contribution in [0, 0.1) is 0 Å². The summed E-state index contributed by atoms with van der Waals surface area (Å²) >= 11 is 0. The van der Waals surface area contributed by atoms with Gasteiger partial charge in [-0.15, -0.1) is 0 Å². The van der Waals surface area contributed by atoms with Gasteiger partial charge >= 0.3 is 0 Å². The molecule has 3 heterocycles. The first-order chi connectivity index (χ1) is 11.7. The SMILES string of the molecule is CC(C)N1CCN(Cc2cnco2)CC1.c1ccc2[nH]ncc2c1. The molecule has 6 nitrogen and oxygen atoms in total. The van der Waals surface area contributed by atoms with Crippen molar-refractivity contribution in [3.63, 3.8) is 0 Å². The average molecular weight is 327 g/mol. The van der Waals surface area contributed by atoms with Gasteiger partial charge in [-0.3, -0.25) is 14.9 Å². The molecule has 24 heavy (non-hydrogen) atoms. The van der Waals surface area contributed by atoms with Crippen molar-refractivity contribution in [1.29, 1.82) is 0 Å². The van der Waals surface area contributed by atoms with Crippen LogP contribution in [0.15, 0.2) is 47.5 Å². The van der Waals surface area contributed by atoms with E-state index in [-0.39, 0.29) is 0 Å². The Morgan fingerprint density at radius 3 is 2.58 bits per heavy atom. The Balaban J connectivity index is 0.000000159. The second kappa shape index (κ2) is 8.08. The third kappa shape index (κ3) is 4.43. The molecule has 1 aliphatic heterocycles. The highest BCUT2D eigenvalue weighted by Gasteiger charge is 2.19. The third-order valence-electron chi connectivity index (χ3n) is 4.35. The van der Waals surface area contributed by atoms with E-state index in [1.165, 1.54) is 6.39 Å². The van der Waals surface area contributed by atoms with E-state index < -0.39 is 0 Å². The van der Waals surface area contributed by atoms with Crippen LogP contribution < -0.4 is 0 Å². The van der Waals surface area contributed by atoms with Gasteiger partial charge in [0.2, 0.25) is 0 Å². The van der Waals surface area contributed by atoms with Crippen LogP contribution in [0.1, 0.15) is 19.6 Å². The summed E-state index contributed by atoms with van der Waals surface area (Å²) < 4.78 is 5.24. The molecule has 1 aromatic carbocycles. The normalized spacial score (nSPS) is 16.3. The van der Waals surface area contributed by atoms with Crippen molar-refractivity contribution >= 4 is 10.9 Å². The smallest absolute Gasteiger partial charge is 0.180 e. The molecular weight excluding hydrogens is 302 g/mol. The van der Waals surface area contributed by atoms with Gasteiger partial charge < -0.3 is 4.42 Å². The number of para-hydroxylation sites is 1. The molecule has 4 rings (SSSR count). The number of rotatable bonds is 3. The highest BCUT2D eigenvalue weighted by molar-refractivity contribution is 5.77. The maximum absolute atomic E-state index is 5.24. The summed E-state index contributed by atoms with van der Waals surface area (Å²) in [5.74, 6) is 0.966.